The lowest BCUT2D eigenvalue weighted by molar-refractivity contribution is 0.0591. The molecule has 1 amide bonds. The van der Waals surface area contributed by atoms with Gasteiger partial charge in [0.15, 0.2) is 11.3 Å². The van der Waals surface area contributed by atoms with E-state index in [0.29, 0.717) is 27.2 Å². The Bertz CT molecular complexity index is 904. The number of amides is 1. The highest BCUT2D eigenvalue weighted by molar-refractivity contribution is 6.34. The Hall–Kier alpha value is -2.86. The topological polar surface area (TPSA) is 81.4 Å². The molecule has 0 aliphatic heterocycles. The standard InChI is InChI=1S/C16H11ClN2O4/c1-22-16(21)14-11-7-6-9(8-13(11)23-19-14)18-15(20)10-4-2-3-5-12(10)17/h2-8H,1H3,(H,18,20). The van der Waals surface area contributed by atoms with Crippen LogP contribution < -0.4 is 5.32 Å². The molecule has 3 rings (SSSR count). The minimum atomic E-state index is -0.586. The van der Waals surface area contributed by atoms with Crippen LogP contribution in [0.1, 0.15) is 20.8 Å². The first-order chi connectivity index (χ1) is 11.1. The predicted octanol–water partition coefficient (Wildman–Crippen LogP) is 3.52. The summed E-state index contributed by atoms with van der Waals surface area (Å²) in [5.74, 6) is -0.931. The van der Waals surface area contributed by atoms with E-state index in [0.717, 1.165) is 0 Å². The SMILES string of the molecule is COC(=O)c1noc2cc(NC(=O)c3ccccc3Cl)ccc12. The Morgan fingerprint density at radius 2 is 2.00 bits per heavy atom. The molecule has 23 heavy (non-hydrogen) atoms. The van der Waals surface area contributed by atoms with Gasteiger partial charge >= 0.3 is 5.97 Å². The number of nitrogens with one attached hydrogen (secondary N) is 1. The molecule has 0 aliphatic rings. The summed E-state index contributed by atoms with van der Waals surface area (Å²) in [4.78, 5) is 23.8. The first-order valence-electron chi connectivity index (χ1n) is 6.64. The lowest BCUT2D eigenvalue weighted by Crippen LogP contribution is -2.12. The second-order valence-corrected chi connectivity index (χ2v) is 5.07. The van der Waals surface area contributed by atoms with Crippen LogP contribution in [0.5, 0.6) is 0 Å². The van der Waals surface area contributed by atoms with Gasteiger partial charge in [0.05, 0.1) is 23.1 Å². The Balaban J connectivity index is 1.88. The Morgan fingerprint density at radius 3 is 2.74 bits per heavy atom. The molecule has 1 aromatic heterocycles. The Labute approximate surface area is 136 Å². The average molecular weight is 331 g/mol. The van der Waals surface area contributed by atoms with Gasteiger partial charge in [0, 0.05) is 11.8 Å². The molecular formula is C16H11ClN2O4. The third-order valence-electron chi connectivity index (χ3n) is 3.23. The van der Waals surface area contributed by atoms with Gasteiger partial charge in [-0.05, 0) is 24.3 Å². The molecule has 0 radical (unpaired) electrons. The zero-order valence-electron chi connectivity index (χ0n) is 12.0. The van der Waals surface area contributed by atoms with Crippen molar-refractivity contribution in [1.29, 1.82) is 0 Å². The first-order valence-corrected chi connectivity index (χ1v) is 7.01. The van der Waals surface area contributed by atoms with Crippen molar-refractivity contribution in [2.45, 2.75) is 0 Å². The van der Waals surface area contributed by atoms with Gasteiger partial charge in [0.1, 0.15) is 0 Å². The third kappa shape index (κ3) is 2.89. The van der Waals surface area contributed by atoms with Crippen molar-refractivity contribution < 1.29 is 18.8 Å². The molecular weight excluding hydrogens is 320 g/mol. The van der Waals surface area contributed by atoms with Gasteiger partial charge in [-0.15, -0.1) is 0 Å². The summed E-state index contributed by atoms with van der Waals surface area (Å²) >= 11 is 5.99. The number of hydrogen-bond acceptors (Lipinski definition) is 5. The zero-order valence-corrected chi connectivity index (χ0v) is 12.8. The van der Waals surface area contributed by atoms with E-state index in [1.54, 1.807) is 42.5 Å². The van der Waals surface area contributed by atoms with E-state index in [1.165, 1.54) is 7.11 Å². The molecule has 0 atom stereocenters. The number of aromatic nitrogens is 1. The van der Waals surface area contributed by atoms with E-state index in [-0.39, 0.29) is 11.6 Å². The van der Waals surface area contributed by atoms with Crippen LogP contribution >= 0.6 is 11.6 Å². The van der Waals surface area contributed by atoms with Crippen LogP contribution in [0.4, 0.5) is 5.69 Å². The van der Waals surface area contributed by atoms with Crippen molar-refractivity contribution in [3.05, 3.63) is 58.7 Å². The summed E-state index contributed by atoms with van der Waals surface area (Å²) in [6, 6.07) is 11.6. The fourth-order valence-corrected chi connectivity index (χ4v) is 2.32. The molecule has 0 saturated heterocycles. The minimum Gasteiger partial charge on any atom is -0.464 e. The van der Waals surface area contributed by atoms with Crippen LogP contribution in [0.2, 0.25) is 5.02 Å². The second kappa shape index (κ2) is 6.10. The molecule has 1 heterocycles. The quantitative estimate of drug-likeness (QED) is 0.743. The molecule has 0 aliphatic carbocycles. The minimum absolute atomic E-state index is 0.0893. The number of benzene rings is 2. The van der Waals surface area contributed by atoms with Gasteiger partial charge in [0.2, 0.25) is 0 Å². The Morgan fingerprint density at radius 1 is 1.22 bits per heavy atom. The van der Waals surface area contributed by atoms with Crippen molar-refractivity contribution >= 4 is 40.1 Å². The fourth-order valence-electron chi connectivity index (χ4n) is 2.10. The fraction of sp³-hybridized carbons (Fsp3) is 0.0625. The van der Waals surface area contributed by atoms with E-state index in [9.17, 15) is 9.59 Å². The number of methoxy groups -OCH3 is 1. The average Bonchev–Trinajstić information content (AvgIpc) is 2.97. The monoisotopic (exact) mass is 330 g/mol. The highest BCUT2D eigenvalue weighted by atomic mass is 35.5. The number of nitrogens with zero attached hydrogens (tertiary/aromatic N) is 1. The number of carbonyl (C=O) groups excluding carboxylic acids is 2. The summed E-state index contributed by atoms with van der Waals surface area (Å²) in [7, 11) is 1.26. The van der Waals surface area contributed by atoms with Gasteiger partial charge in [-0.2, -0.15) is 0 Å². The maximum atomic E-state index is 12.2. The summed E-state index contributed by atoms with van der Waals surface area (Å²) in [6.45, 7) is 0. The van der Waals surface area contributed by atoms with Crippen LogP contribution in [0.25, 0.3) is 11.0 Å². The van der Waals surface area contributed by atoms with Crippen LogP contribution in [0.15, 0.2) is 47.0 Å². The molecule has 0 fully saturated rings. The van der Waals surface area contributed by atoms with Crippen molar-refractivity contribution in [2.24, 2.45) is 0 Å². The van der Waals surface area contributed by atoms with E-state index in [4.69, 9.17) is 16.1 Å². The van der Waals surface area contributed by atoms with Gasteiger partial charge in [-0.1, -0.05) is 28.9 Å². The summed E-state index contributed by atoms with van der Waals surface area (Å²) in [6.07, 6.45) is 0. The number of rotatable bonds is 3. The normalized spacial score (nSPS) is 10.5. The number of carbonyl (C=O) groups is 2. The van der Waals surface area contributed by atoms with Gasteiger partial charge in [-0.25, -0.2) is 4.79 Å². The maximum absolute atomic E-state index is 12.2. The van der Waals surface area contributed by atoms with Crippen LogP contribution in [0, 0.1) is 0 Å². The molecule has 116 valence electrons. The van der Waals surface area contributed by atoms with Gasteiger partial charge < -0.3 is 14.6 Å². The molecule has 7 heteroatoms. The predicted molar refractivity (Wildman–Crippen MR) is 84.8 cm³/mol. The van der Waals surface area contributed by atoms with E-state index in [1.807, 2.05) is 0 Å². The summed E-state index contributed by atoms with van der Waals surface area (Å²) in [5, 5.41) is 7.26. The summed E-state index contributed by atoms with van der Waals surface area (Å²) in [5.41, 5.74) is 1.31. The number of halogens is 1. The smallest absolute Gasteiger partial charge is 0.360 e. The third-order valence-corrected chi connectivity index (χ3v) is 3.56. The first kappa shape index (κ1) is 15.1. The summed E-state index contributed by atoms with van der Waals surface area (Å²) < 4.78 is 9.72. The van der Waals surface area contributed by atoms with Gasteiger partial charge in [-0.3, -0.25) is 4.79 Å². The zero-order chi connectivity index (χ0) is 16.4. The molecule has 2 aromatic carbocycles. The van der Waals surface area contributed by atoms with Gasteiger partial charge in [0.25, 0.3) is 5.91 Å². The number of fused-ring (bicyclic) bond motifs is 1. The molecule has 0 saturated carbocycles. The van der Waals surface area contributed by atoms with Crippen LogP contribution in [-0.4, -0.2) is 24.1 Å². The van der Waals surface area contributed by atoms with Crippen molar-refractivity contribution in [3.8, 4) is 0 Å². The van der Waals surface area contributed by atoms with Crippen molar-refractivity contribution in [2.75, 3.05) is 12.4 Å². The number of esters is 1. The van der Waals surface area contributed by atoms with E-state index >= 15 is 0 Å². The Kier molecular flexibility index (Phi) is 3.99. The number of ether oxygens (including phenoxy) is 1. The number of hydrogen-bond donors (Lipinski definition) is 1. The highest BCUT2D eigenvalue weighted by Gasteiger charge is 2.17. The largest absolute Gasteiger partial charge is 0.464 e. The molecule has 0 unspecified atom stereocenters. The van der Waals surface area contributed by atoms with Crippen LogP contribution in [-0.2, 0) is 4.74 Å². The molecule has 0 bridgehead atoms. The second-order valence-electron chi connectivity index (χ2n) is 4.67. The highest BCUT2D eigenvalue weighted by Crippen LogP contribution is 2.24. The lowest BCUT2D eigenvalue weighted by atomic mass is 10.1. The number of anilines is 1. The van der Waals surface area contributed by atoms with E-state index in [2.05, 4.69) is 15.2 Å². The molecule has 3 aromatic rings. The molecule has 6 nitrogen and oxygen atoms in total. The van der Waals surface area contributed by atoms with Crippen molar-refractivity contribution in [1.82, 2.24) is 5.16 Å². The maximum Gasteiger partial charge on any atom is 0.360 e. The van der Waals surface area contributed by atoms with E-state index < -0.39 is 5.97 Å². The molecule has 0 spiro atoms. The van der Waals surface area contributed by atoms with Crippen LogP contribution in [0.3, 0.4) is 0 Å². The molecule has 1 N–H and O–H groups in total. The van der Waals surface area contributed by atoms with Crippen molar-refractivity contribution in [3.63, 3.8) is 0 Å². The lowest BCUT2D eigenvalue weighted by Gasteiger charge is -2.06.